The lowest BCUT2D eigenvalue weighted by atomic mass is 9.95. The van der Waals surface area contributed by atoms with Crippen molar-refractivity contribution in [3.63, 3.8) is 0 Å². The van der Waals surface area contributed by atoms with Crippen molar-refractivity contribution in [1.82, 2.24) is 14.6 Å². The van der Waals surface area contributed by atoms with Crippen molar-refractivity contribution in [2.24, 2.45) is 5.10 Å². The van der Waals surface area contributed by atoms with Crippen molar-refractivity contribution in [2.75, 3.05) is 39.5 Å². The molecule has 1 aliphatic heterocycles. The molecule has 212 valence electrons. The summed E-state index contributed by atoms with van der Waals surface area (Å²) >= 11 is 3.39. The number of amides is 1. The average molecular weight is 616 g/mol. The number of nitro benzene ring substituents is 1. The molecule has 40 heavy (non-hydrogen) atoms. The molecule has 1 saturated heterocycles. The molecule has 4 rings (SSSR count). The summed E-state index contributed by atoms with van der Waals surface area (Å²) in [5.41, 5.74) is -0.486. The molecule has 2 heterocycles. The van der Waals surface area contributed by atoms with Crippen LogP contribution in [0.3, 0.4) is 0 Å². The van der Waals surface area contributed by atoms with E-state index in [4.69, 9.17) is 14.2 Å². The summed E-state index contributed by atoms with van der Waals surface area (Å²) in [6.07, 6.45) is 1.33. The largest absolute Gasteiger partial charge is 0.490 e. The Morgan fingerprint density at radius 3 is 2.60 bits per heavy atom. The minimum Gasteiger partial charge on any atom is -0.490 e. The third-order valence-corrected chi connectivity index (χ3v) is 6.55. The first kappa shape index (κ1) is 29.2. The molecule has 1 fully saturated rings. The summed E-state index contributed by atoms with van der Waals surface area (Å²) in [5.74, 6) is 0.0344. The van der Waals surface area contributed by atoms with Crippen molar-refractivity contribution in [1.29, 1.82) is 0 Å². The molecule has 1 amide bonds. The number of nitrogens with zero attached hydrogens (tertiary/aromatic N) is 5. The monoisotopic (exact) mass is 615 g/mol. The third kappa shape index (κ3) is 6.48. The van der Waals surface area contributed by atoms with Gasteiger partial charge in [0.1, 0.15) is 5.82 Å². The van der Waals surface area contributed by atoms with Crippen LogP contribution in [-0.2, 0) is 14.9 Å². The first-order valence-corrected chi connectivity index (χ1v) is 13.5. The van der Waals surface area contributed by atoms with Crippen molar-refractivity contribution >= 4 is 44.6 Å². The molecule has 0 saturated carbocycles. The number of nitro groups is 1. The number of rotatable bonds is 8. The maximum Gasteiger partial charge on any atom is 0.315 e. The van der Waals surface area contributed by atoms with Gasteiger partial charge in [0.2, 0.25) is 5.75 Å². The van der Waals surface area contributed by atoms with Crippen LogP contribution in [0.4, 0.5) is 5.69 Å². The van der Waals surface area contributed by atoms with Gasteiger partial charge in [-0.05, 0) is 31.2 Å². The zero-order valence-corrected chi connectivity index (χ0v) is 24.3. The second-order valence-corrected chi connectivity index (χ2v) is 11.0. The third-order valence-electron chi connectivity index (χ3n) is 6.06. The van der Waals surface area contributed by atoms with Crippen molar-refractivity contribution < 1.29 is 23.9 Å². The highest BCUT2D eigenvalue weighted by atomic mass is 79.9. The lowest BCUT2D eigenvalue weighted by Crippen LogP contribution is -2.43. The summed E-state index contributed by atoms with van der Waals surface area (Å²) < 4.78 is 18.5. The fourth-order valence-corrected chi connectivity index (χ4v) is 4.49. The smallest absolute Gasteiger partial charge is 0.315 e. The molecular weight excluding hydrogens is 586 g/mol. The normalized spacial score (nSPS) is 14.1. The van der Waals surface area contributed by atoms with Crippen LogP contribution in [0.2, 0.25) is 0 Å². The van der Waals surface area contributed by atoms with Gasteiger partial charge in [-0.1, -0.05) is 36.7 Å². The average Bonchev–Trinajstić information content (AvgIpc) is 2.91. The molecule has 0 spiro atoms. The van der Waals surface area contributed by atoms with E-state index in [1.165, 1.54) is 23.0 Å². The van der Waals surface area contributed by atoms with Gasteiger partial charge in [0, 0.05) is 34.6 Å². The summed E-state index contributed by atoms with van der Waals surface area (Å²) in [6.45, 7) is 8.96. The van der Waals surface area contributed by atoms with Crippen LogP contribution in [0.15, 0.2) is 44.7 Å². The molecule has 1 aliphatic rings. The zero-order valence-electron chi connectivity index (χ0n) is 22.7. The minimum atomic E-state index is -0.615. The highest BCUT2D eigenvalue weighted by Gasteiger charge is 2.26. The Labute approximate surface area is 238 Å². The Kier molecular flexibility index (Phi) is 8.84. The number of fused-ring (bicyclic) bond motifs is 1. The molecule has 12 nitrogen and oxygen atoms in total. The van der Waals surface area contributed by atoms with Crippen LogP contribution < -0.4 is 15.0 Å². The quantitative estimate of drug-likeness (QED) is 0.211. The fraction of sp³-hybridized carbons (Fsp3) is 0.407. The molecule has 2 aromatic carbocycles. The van der Waals surface area contributed by atoms with E-state index >= 15 is 0 Å². The Hall–Kier alpha value is -3.84. The molecule has 13 heteroatoms. The van der Waals surface area contributed by atoms with E-state index in [-0.39, 0.29) is 29.6 Å². The minimum absolute atomic E-state index is 0.0805. The number of morpholine rings is 1. The first-order valence-electron chi connectivity index (χ1n) is 12.7. The van der Waals surface area contributed by atoms with E-state index in [2.05, 4.69) is 26.0 Å². The molecule has 0 bridgehead atoms. The van der Waals surface area contributed by atoms with E-state index < -0.39 is 22.6 Å². The van der Waals surface area contributed by atoms with Crippen LogP contribution >= 0.6 is 15.9 Å². The first-order chi connectivity index (χ1) is 19.0. The fourth-order valence-electron chi connectivity index (χ4n) is 4.13. The maximum atomic E-state index is 13.4. The van der Waals surface area contributed by atoms with Gasteiger partial charge in [-0.15, -0.1) is 0 Å². The van der Waals surface area contributed by atoms with Crippen LogP contribution in [0.25, 0.3) is 10.9 Å². The van der Waals surface area contributed by atoms with Crippen LogP contribution in [0, 0.1) is 10.1 Å². The molecular formula is C27H30BrN5O7. The number of ether oxygens (including phenoxy) is 3. The molecule has 0 unspecified atom stereocenters. The van der Waals surface area contributed by atoms with Gasteiger partial charge in [0.15, 0.2) is 12.4 Å². The molecule has 0 N–H and O–H groups in total. The molecule has 0 atom stereocenters. The predicted molar refractivity (Wildman–Crippen MR) is 153 cm³/mol. The Bertz CT molecular complexity index is 1520. The molecule has 1 aromatic heterocycles. The van der Waals surface area contributed by atoms with E-state index in [9.17, 15) is 19.7 Å². The van der Waals surface area contributed by atoms with Gasteiger partial charge < -0.3 is 19.1 Å². The number of hydrogen-bond acceptors (Lipinski definition) is 9. The lowest BCUT2D eigenvalue weighted by molar-refractivity contribution is -0.385. The summed E-state index contributed by atoms with van der Waals surface area (Å²) in [7, 11) is 0. The summed E-state index contributed by atoms with van der Waals surface area (Å²) in [5, 5.41) is 16.8. The molecule has 0 aliphatic carbocycles. The van der Waals surface area contributed by atoms with Gasteiger partial charge in [-0.25, -0.2) is 4.98 Å². The topological polar surface area (TPSA) is 138 Å². The van der Waals surface area contributed by atoms with Crippen molar-refractivity contribution in [3.8, 4) is 11.5 Å². The Morgan fingerprint density at radius 1 is 1.23 bits per heavy atom. The van der Waals surface area contributed by atoms with Gasteiger partial charge in [0.05, 0.1) is 41.9 Å². The second-order valence-electron chi connectivity index (χ2n) is 10.0. The van der Waals surface area contributed by atoms with Gasteiger partial charge >= 0.3 is 5.69 Å². The van der Waals surface area contributed by atoms with Gasteiger partial charge in [0.25, 0.3) is 11.5 Å². The summed E-state index contributed by atoms with van der Waals surface area (Å²) in [6, 6.07) is 8.01. The zero-order chi connectivity index (χ0) is 29.0. The number of carbonyl (C=O) groups is 1. The van der Waals surface area contributed by atoms with Crippen LogP contribution in [0.1, 0.15) is 39.1 Å². The van der Waals surface area contributed by atoms with Gasteiger partial charge in [-0.2, -0.15) is 9.78 Å². The van der Waals surface area contributed by atoms with Crippen LogP contribution in [-0.4, -0.2) is 71.1 Å². The SMILES string of the molecule is CCOc1cc(C=Nn2c(C(C)(C)C)nc3ccc(Br)cc3c2=O)cc([N+](=O)[O-])c1OCC(=O)N1CCOCC1. The van der Waals surface area contributed by atoms with E-state index in [1.54, 1.807) is 30.0 Å². The number of halogens is 1. The standard InChI is InChI=1S/C27H30BrN5O7/c1-5-39-22-13-17(12-21(33(36)37)24(22)40-16-23(34)31-8-10-38-11-9-31)15-29-32-25(35)19-14-18(28)6-7-20(19)30-26(32)27(2,3)4/h6-7,12-15H,5,8-11,16H2,1-4H3. The van der Waals surface area contributed by atoms with E-state index in [0.29, 0.717) is 48.6 Å². The second kappa shape index (κ2) is 12.1. The number of hydrogen-bond donors (Lipinski definition) is 0. The molecule has 3 aromatic rings. The highest BCUT2D eigenvalue weighted by molar-refractivity contribution is 9.10. The molecule has 0 radical (unpaired) electrons. The lowest BCUT2D eigenvalue weighted by Gasteiger charge is -2.26. The number of aromatic nitrogens is 2. The van der Waals surface area contributed by atoms with Crippen molar-refractivity contribution in [2.45, 2.75) is 33.1 Å². The predicted octanol–water partition coefficient (Wildman–Crippen LogP) is 3.88. The van der Waals surface area contributed by atoms with Crippen LogP contribution in [0.5, 0.6) is 11.5 Å². The van der Waals surface area contributed by atoms with Gasteiger partial charge in [-0.3, -0.25) is 19.7 Å². The van der Waals surface area contributed by atoms with E-state index in [0.717, 1.165) is 4.47 Å². The summed E-state index contributed by atoms with van der Waals surface area (Å²) in [4.78, 5) is 43.7. The Morgan fingerprint density at radius 2 is 1.95 bits per heavy atom. The highest BCUT2D eigenvalue weighted by Crippen LogP contribution is 2.38. The maximum absolute atomic E-state index is 13.4. The van der Waals surface area contributed by atoms with E-state index in [1.807, 2.05) is 20.8 Å². The Balaban J connectivity index is 1.74. The number of benzene rings is 2. The number of carbonyl (C=O) groups excluding carboxylic acids is 1. The van der Waals surface area contributed by atoms with Crippen molar-refractivity contribution in [3.05, 3.63) is 66.7 Å².